The highest BCUT2D eigenvalue weighted by molar-refractivity contribution is 6.15. The van der Waals surface area contributed by atoms with Crippen molar-refractivity contribution in [1.29, 1.82) is 0 Å². The number of hydrogen-bond donors (Lipinski definition) is 0. The molecule has 0 saturated carbocycles. The van der Waals surface area contributed by atoms with Crippen molar-refractivity contribution >= 4 is 77.4 Å². The van der Waals surface area contributed by atoms with Gasteiger partial charge in [0.05, 0.1) is 11.1 Å². The van der Waals surface area contributed by atoms with Crippen molar-refractivity contribution in [3.8, 4) is 22.3 Å². The van der Waals surface area contributed by atoms with E-state index in [0.717, 1.165) is 39.0 Å². The van der Waals surface area contributed by atoms with Gasteiger partial charge in [-0.25, -0.2) is 0 Å². The van der Waals surface area contributed by atoms with Gasteiger partial charge in [-0.1, -0.05) is 133 Å². The summed E-state index contributed by atoms with van der Waals surface area (Å²) in [5, 5.41) is 9.72. The summed E-state index contributed by atoms with van der Waals surface area (Å²) in [6.07, 6.45) is 4.39. The average molecular weight is 692 g/mol. The highest BCUT2D eigenvalue weighted by atomic mass is 16.3. The number of benzene rings is 9. The van der Waals surface area contributed by atoms with Crippen LogP contribution in [0, 0.1) is 6.92 Å². The molecule has 0 aliphatic heterocycles. The first kappa shape index (κ1) is 31.8. The molecule has 0 saturated heterocycles. The van der Waals surface area contributed by atoms with Crippen LogP contribution in [0.1, 0.15) is 18.1 Å². The number of furan rings is 1. The fourth-order valence-electron chi connectivity index (χ4n) is 8.45. The molecular formula is C52H37NO. The first-order chi connectivity index (χ1) is 26.7. The Bertz CT molecular complexity index is 3090. The lowest BCUT2D eigenvalue weighted by Crippen LogP contribution is -2.10. The van der Waals surface area contributed by atoms with Crippen LogP contribution in [0.25, 0.3) is 82.6 Å². The molecule has 0 amide bonds. The minimum atomic E-state index is 0.868. The maximum Gasteiger partial charge on any atom is 0.137 e. The molecule has 0 unspecified atom stereocenters. The summed E-state index contributed by atoms with van der Waals surface area (Å²) in [6.45, 7) is 4.34. The van der Waals surface area contributed by atoms with Crippen molar-refractivity contribution in [2.45, 2.75) is 13.8 Å². The molecule has 2 nitrogen and oxygen atoms in total. The minimum Gasteiger partial charge on any atom is -0.456 e. The number of fused-ring (bicyclic) bond motifs is 7. The van der Waals surface area contributed by atoms with E-state index in [9.17, 15) is 0 Å². The predicted octanol–water partition coefficient (Wildman–Crippen LogP) is 15.2. The van der Waals surface area contributed by atoms with E-state index in [1.165, 1.54) is 65.7 Å². The van der Waals surface area contributed by atoms with E-state index in [2.05, 4.69) is 201 Å². The van der Waals surface area contributed by atoms with Crippen molar-refractivity contribution < 1.29 is 4.42 Å². The molecule has 0 radical (unpaired) electrons. The van der Waals surface area contributed by atoms with Crippen LogP contribution in [0.15, 0.2) is 186 Å². The summed E-state index contributed by atoms with van der Waals surface area (Å²) in [5.41, 5.74) is 12.3. The molecule has 0 aliphatic carbocycles. The normalized spacial score (nSPS) is 11.8. The summed E-state index contributed by atoms with van der Waals surface area (Å²) < 4.78 is 6.45. The smallest absolute Gasteiger partial charge is 0.137 e. The molecule has 0 atom stereocenters. The van der Waals surface area contributed by atoms with E-state index in [1.807, 2.05) is 6.07 Å². The SMILES string of the molecule is C/C=C\c1c(-c2cccc(N(c3cccc(-c4cc5ccccc5c5ccccc45)c3)c3cccc4oc5ccccc5c34)c2)cc2ccccc2c1C. The minimum absolute atomic E-state index is 0.868. The molecule has 0 spiro atoms. The molecule has 10 aromatic rings. The quantitative estimate of drug-likeness (QED) is 0.161. The third kappa shape index (κ3) is 5.18. The van der Waals surface area contributed by atoms with Gasteiger partial charge in [-0.15, -0.1) is 0 Å². The maximum atomic E-state index is 6.45. The maximum absolute atomic E-state index is 6.45. The standard InChI is InChI=1S/C52H37NO/c1-3-15-42-34(2)41-22-6-4-16-37(41)32-47(42)35-18-12-20-39(30-35)53(49-27-14-29-51-52(49)46-26-10-11-28-50(46)54-51)40-21-13-19-36(31-40)48-33-38-17-5-7-23-43(38)44-24-8-9-25-45(44)48/h3-33H,1-2H3/b15-3-. The van der Waals surface area contributed by atoms with E-state index in [0.29, 0.717) is 0 Å². The summed E-state index contributed by atoms with van der Waals surface area (Å²) >= 11 is 0. The highest BCUT2D eigenvalue weighted by Crippen LogP contribution is 2.45. The van der Waals surface area contributed by atoms with Gasteiger partial charge in [0.1, 0.15) is 11.2 Å². The van der Waals surface area contributed by atoms with E-state index in [-0.39, 0.29) is 0 Å². The molecule has 1 aromatic heterocycles. The van der Waals surface area contributed by atoms with Gasteiger partial charge in [0.2, 0.25) is 0 Å². The molecule has 0 bridgehead atoms. The first-order valence-electron chi connectivity index (χ1n) is 18.6. The lowest BCUT2D eigenvalue weighted by molar-refractivity contribution is 0.669. The molecule has 0 aliphatic rings. The van der Waals surface area contributed by atoms with Gasteiger partial charge >= 0.3 is 0 Å². The fourth-order valence-corrected chi connectivity index (χ4v) is 8.45. The van der Waals surface area contributed by atoms with Crippen LogP contribution in [0.4, 0.5) is 17.1 Å². The van der Waals surface area contributed by atoms with Crippen molar-refractivity contribution in [3.63, 3.8) is 0 Å². The van der Waals surface area contributed by atoms with Gasteiger partial charge in [-0.05, 0) is 134 Å². The van der Waals surface area contributed by atoms with Crippen molar-refractivity contribution in [2.24, 2.45) is 0 Å². The van der Waals surface area contributed by atoms with E-state index in [4.69, 9.17) is 4.42 Å². The second-order valence-electron chi connectivity index (χ2n) is 14.1. The molecule has 9 aromatic carbocycles. The molecule has 2 heteroatoms. The van der Waals surface area contributed by atoms with Gasteiger partial charge in [0.15, 0.2) is 0 Å². The fraction of sp³-hybridized carbons (Fsp3) is 0.0385. The lowest BCUT2D eigenvalue weighted by Gasteiger charge is -2.27. The van der Waals surface area contributed by atoms with Gasteiger partial charge in [0, 0.05) is 16.8 Å². The van der Waals surface area contributed by atoms with Crippen LogP contribution in [0.2, 0.25) is 0 Å². The molecule has 0 fully saturated rings. The molecular weight excluding hydrogens is 655 g/mol. The Hall–Kier alpha value is -6.90. The van der Waals surface area contributed by atoms with Crippen LogP contribution in [-0.4, -0.2) is 0 Å². The van der Waals surface area contributed by atoms with Gasteiger partial charge in [-0.3, -0.25) is 0 Å². The summed E-state index contributed by atoms with van der Waals surface area (Å²) in [7, 11) is 0. The lowest BCUT2D eigenvalue weighted by atomic mass is 9.90. The molecule has 54 heavy (non-hydrogen) atoms. The topological polar surface area (TPSA) is 16.4 Å². The van der Waals surface area contributed by atoms with Crippen molar-refractivity contribution in [3.05, 3.63) is 193 Å². The second-order valence-corrected chi connectivity index (χ2v) is 14.1. The molecule has 256 valence electrons. The second kappa shape index (κ2) is 12.9. The van der Waals surface area contributed by atoms with E-state index < -0.39 is 0 Å². The number of nitrogens with zero attached hydrogens (tertiary/aromatic N) is 1. The van der Waals surface area contributed by atoms with Crippen LogP contribution < -0.4 is 4.90 Å². The average Bonchev–Trinajstić information content (AvgIpc) is 3.61. The number of para-hydroxylation sites is 1. The van der Waals surface area contributed by atoms with Gasteiger partial charge in [-0.2, -0.15) is 0 Å². The van der Waals surface area contributed by atoms with Gasteiger partial charge < -0.3 is 9.32 Å². The highest BCUT2D eigenvalue weighted by Gasteiger charge is 2.21. The molecule has 10 rings (SSSR count). The largest absolute Gasteiger partial charge is 0.456 e. The van der Waals surface area contributed by atoms with Crippen molar-refractivity contribution in [1.82, 2.24) is 0 Å². The van der Waals surface area contributed by atoms with E-state index >= 15 is 0 Å². The molecule has 0 N–H and O–H groups in total. The number of aryl methyl sites for hydroxylation is 1. The van der Waals surface area contributed by atoms with Gasteiger partial charge in [0.25, 0.3) is 0 Å². The number of allylic oxidation sites excluding steroid dienone is 1. The summed E-state index contributed by atoms with van der Waals surface area (Å²) in [6, 6.07) is 63.6. The number of rotatable bonds is 6. The Morgan fingerprint density at radius 2 is 1.02 bits per heavy atom. The summed E-state index contributed by atoms with van der Waals surface area (Å²) in [4.78, 5) is 2.41. The van der Waals surface area contributed by atoms with Crippen molar-refractivity contribution in [2.75, 3.05) is 4.90 Å². The third-order valence-corrected chi connectivity index (χ3v) is 10.9. The monoisotopic (exact) mass is 691 g/mol. The first-order valence-corrected chi connectivity index (χ1v) is 18.6. The zero-order valence-electron chi connectivity index (χ0n) is 30.3. The predicted molar refractivity (Wildman–Crippen MR) is 231 cm³/mol. The Morgan fingerprint density at radius 3 is 1.76 bits per heavy atom. The Kier molecular flexibility index (Phi) is 7.63. The number of anilines is 3. The third-order valence-electron chi connectivity index (χ3n) is 10.9. The van der Waals surface area contributed by atoms with Crippen LogP contribution in [0.5, 0.6) is 0 Å². The Morgan fingerprint density at radius 1 is 0.463 bits per heavy atom. The van der Waals surface area contributed by atoms with Crippen LogP contribution in [0.3, 0.4) is 0 Å². The number of hydrogen-bond acceptors (Lipinski definition) is 2. The summed E-state index contributed by atoms with van der Waals surface area (Å²) in [5.74, 6) is 0. The van der Waals surface area contributed by atoms with Crippen LogP contribution in [-0.2, 0) is 0 Å². The van der Waals surface area contributed by atoms with E-state index in [1.54, 1.807) is 0 Å². The zero-order chi connectivity index (χ0) is 36.2. The Labute approximate surface area is 314 Å². The molecule has 1 heterocycles. The Balaban J connectivity index is 1.23. The zero-order valence-corrected chi connectivity index (χ0v) is 30.3. The van der Waals surface area contributed by atoms with Crippen LogP contribution >= 0.6 is 0 Å².